The van der Waals surface area contributed by atoms with Crippen LogP contribution in [0.3, 0.4) is 0 Å². The first kappa shape index (κ1) is 18.6. The monoisotopic (exact) mass is 381 g/mol. The first-order valence-electron chi connectivity index (χ1n) is 8.10. The molecule has 1 N–H and O–H groups in total. The Morgan fingerprint density at radius 3 is 2.69 bits per heavy atom. The van der Waals surface area contributed by atoms with Crippen LogP contribution in [0.4, 0.5) is 19.0 Å². The Balaban J connectivity index is 1.63. The molecule has 0 radical (unpaired) electrons. The second-order valence-corrected chi connectivity index (χ2v) is 6.86. The highest BCUT2D eigenvalue weighted by Gasteiger charge is 2.31. The van der Waals surface area contributed by atoms with E-state index in [1.165, 1.54) is 17.8 Å². The van der Waals surface area contributed by atoms with E-state index in [1.54, 1.807) is 6.07 Å². The molecule has 3 rings (SSSR count). The van der Waals surface area contributed by atoms with Crippen LogP contribution in [0.1, 0.15) is 22.3 Å². The second kappa shape index (κ2) is 7.57. The van der Waals surface area contributed by atoms with E-state index in [0.29, 0.717) is 24.5 Å². The first-order chi connectivity index (χ1) is 12.4. The zero-order valence-electron chi connectivity index (χ0n) is 14.1. The lowest BCUT2D eigenvalue weighted by atomic mass is 10.2. The average molecular weight is 381 g/mol. The Bertz CT molecular complexity index is 780. The molecule has 0 saturated carbocycles. The van der Waals surface area contributed by atoms with Crippen molar-refractivity contribution in [1.29, 1.82) is 0 Å². The van der Waals surface area contributed by atoms with Crippen molar-refractivity contribution in [3.8, 4) is 0 Å². The fraction of sp³-hybridized carbons (Fsp3) is 0.333. The number of halogens is 3. The third kappa shape index (κ3) is 4.12. The SMILES string of the molecule is CSc1ccccc1C(=O)NC1CCN(c2ccc(C(F)(F)F)cn2)C1. The van der Waals surface area contributed by atoms with Crippen LogP contribution < -0.4 is 10.2 Å². The highest BCUT2D eigenvalue weighted by molar-refractivity contribution is 7.98. The van der Waals surface area contributed by atoms with Gasteiger partial charge in [-0.05, 0) is 36.9 Å². The maximum atomic E-state index is 12.6. The zero-order valence-corrected chi connectivity index (χ0v) is 14.9. The molecule has 1 amide bonds. The quantitative estimate of drug-likeness (QED) is 0.818. The summed E-state index contributed by atoms with van der Waals surface area (Å²) >= 11 is 1.51. The lowest BCUT2D eigenvalue weighted by Crippen LogP contribution is -2.37. The van der Waals surface area contributed by atoms with Crippen molar-refractivity contribution in [2.24, 2.45) is 0 Å². The number of nitrogens with zero attached hydrogens (tertiary/aromatic N) is 2. The van der Waals surface area contributed by atoms with Gasteiger partial charge >= 0.3 is 6.18 Å². The maximum Gasteiger partial charge on any atom is 0.417 e. The number of hydrogen-bond donors (Lipinski definition) is 1. The van der Waals surface area contributed by atoms with Crippen LogP contribution in [0.2, 0.25) is 0 Å². The lowest BCUT2D eigenvalue weighted by Gasteiger charge is -2.19. The second-order valence-electron chi connectivity index (χ2n) is 6.01. The first-order valence-corrected chi connectivity index (χ1v) is 9.33. The number of alkyl halides is 3. The molecule has 4 nitrogen and oxygen atoms in total. The summed E-state index contributed by atoms with van der Waals surface area (Å²) in [5.74, 6) is 0.349. The van der Waals surface area contributed by atoms with Crippen LogP contribution >= 0.6 is 11.8 Å². The van der Waals surface area contributed by atoms with Gasteiger partial charge in [0.1, 0.15) is 5.82 Å². The van der Waals surface area contributed by atoms with Crippen molar-refractivity contribution in [2.75, 3.05) is 24.2 Å². The molecular formula is C18H18F3N3OS. The average Bonchev–Trinajstić information content (AvgIpc) is 3.09. The van der Waals surface area contributed by atoms with Crippen molar-refractivity contribution >= 4 is 23.5 Å². The zero-order chi connectivity index (χ0) is 18.7. The van der Waals surface area contributed by atoms with Crippen LogP contribution in [0.25, 0.3) is 0 Å². The number of carbonyl (C=O) groups is 1. The van der Waals surface area contributed by atoms with Gasteiger partial charge in [0.15, 0.2) is 0 Å². The normalized spacial score (nSPS) is 17.4. The number of thioether (sulfide) groups is 1. The summed E-state index contributed by atoms with van der Waals surface area (Å²) < 4.78 is 37.9. The predicted octanol–water partition coefficient (Wildman–Crippen LogP) is 3.83. The minimum atomic E-state index is -4.39. The van der Waals surface area contributed by atoms with Gasteiger partial charge in [-0.15, -0.1) is 11.8 Å². The third-order valence-electron chi connectivity index (χ3n) is 4.27. The molecule has 2 heterocycles. The van der Waals surface area contributed by atoms with Gasteiger partial charge in [0, 0.05) is 30.2 Å². The Labute approximate surface area is 153 Å². The summed E-state index contributed by atoms with van der Waals surface area (Å²) in [7, 11) is 0. The molecule has 26 heavy (non-hydrogen) atoms. The van der Waals surface area contributed by atoms with E-state index in [9.17, 15) is 18.0 Å². The number of nitrogens with one attached hydrogen (secondary N) is 1. The molecule has 8 heteroatoms. The van der Waals surface area contributed by atoms with E-state index in [0.717, 1.165) is 23.6 Å². The van der Waals surface area contributed by atoms with Gasteiger partial charge in [0.05, 0.1) is 11.1 Å². The Morgan fingerprint density at radius 2 is 2.04 bits per heavy atom. The van der Waals surface area contributed by atoms with Gasteiger partial charge in [-0.1, -0.05) is 12.1 Å². The number of hydrogen-bond acceptors (Lipinski definition) is 4. The standard InChI is InChI=1S/C18H18F3N3OS/c1-26-15-5-3-2-4-14(15)17(25)23-13-8-9-24(11-13)16-7-6-12(10-22-16)18(19,20)21/h2-7,10,13H,8-9,11H2,1H3,(H,23,25). The summed E-state index contributed by atoms with van der Waals surface area (Å²) in [6.07, 6.45) is -0.913. The molecule has 0 aliphatic carbocycles. The molecular weight excluding hydrogens is 363 g/mol. The topological polar surface area (TPSA) is 45.2 Å². The molecule has 1 atom stereocenters. The van der Waals surface area contributed by atoms with E-state index >= 15 is 0 Å². The predicted molar refractivity (Wildman–Crippen MR) is 95.5 cm³/mol. The molecule has 0 spiro atoms. The number of anilines is 1. The van der Waals surface area contributed by atoms with Crippen LogP contribution in [-0.2, 0) is 6.18 Å². The Hall–Kier alpha value is -2.22. The van der Waals surface area contributed by atoms with Crippen molar-refractivity contribution in [1.82, 2.24) is 10.3 Å². The minimum Gasteiger partial charge on any atom is -0.354 e. The highest BCUT2D eigenvalue weighted by atomic mass is 32.2. The molecule has 1 saturated heterocycles. The molecule has 1 aliphatic rings. The number of aromatic nitrogens is 1. The van der Waals surface area contributed by atoms with Gasteiger partial charge in [0.2, 0.25) is 0 Å². The number of carbonyl (C=O) groups excluding carboxylic acids is 1. The maximum absolute atomic E-state index is 12.6. The molecule has 138 valence electrons. The van der Waals surface area contributed by atoms with Gasteiger partial charge in [0.25, 0.3) is 5.91 Å². The number of benzene rings is 1. The molecule has 1 aliphatic heterocycles. The van der Waals surface area contributed by atoms with E-state index < -0.39 is 11.7 Å². The van der Waals surface area contributed by atoms with E-state index in [2.05, 4.69) is 10.3 Å². The van der Waals surface area contributed by atoms with Crippen molar-refractivity contribution < 1.29 is 18.0 Å². The fourth-order valence-corrected chi connectivity index (χ4v) is 3.52. The van der Waals surface area contributed by atoms with Crippen LogP contribution in [-0.4, -0.2) is 36.3 Å². The van der Waals surface area contributed by atoms with E-state index in [1.807, 2.05) is 29.4 Å². The molecule has 1 aromatic heterocycles. The van der Waals surface area contributed by atoms with Gasteiger partial charge in [-0.2, -0.15) is 13.2 Å². The smallest absolute Gasteiger partial charge is 0.354 e. The lowest BCUT2D eigenvalue weighted by molar-refractivity contribution is -0.137. The van der Waals surface area contributed by atoms with E-state index in [-0.39, 0.29) is 11.9 Å². The molecule has 0 bridgehead atoms. The molecule has 2 aromatic rings. The fourth-order valence-electron chi connectivity index (χ4n) is 2.92. The Kier molecular flexibility index (Phi) is 5.41. The minimum absolute atomic E-state index is 0.0681. The van der Waals surface area contributed by atoms with Crippen LogP contribution in [0, 0.1) is 0 Å². The number of amides is 1. The van der Waals surface area contributed by atoms with Crippen LogP contribution in [0.5, 0.6) is 0 Å². The van der Waals surface area contributed by atoms with E-state index in [4.69, 9.17) is 0 Å². The summed E-state index contributed by atoms with van der Waals surface area (Å²) in [6, 6.07) is 9.72. The van der Waals surface area contributed by atoms with Gasteiger partial charge < -0.3 is 10.2 Å². The summed E-state index contributed by atoms with van der Waals surface area (Å²) in [5, 5.41) is 3.00. The van der Waals surface area contributed by atoms with Crippen molar-refractivity contribution in [2.45, 2.75) is 23.5 Å². The van der Waals surface area contributed by atoms with Crippen molar-refractivity contribution in [3.63, 3.8) is 0 Å². The van der Waals surface area contributed by atoms with Crippen molar-refractivity contribution in [3.05, 3.63) is 53.7 Å². The number of rotatable bonds is 4. The summed E-state index contributed by atoms with van der Waals surface area (Å²) in [6.45, 7) is 1.15. The number of pyridine rings is 1. The molecule has 1 unspecified atom stereocenters. The summed E-state index contributed by atoms with van der Waals surface area (Å²) in [4.78, 5) is 19.2. The third-order valence-corrected chi connectivity index (χ3v) is 5.07. The van der Waals surface area contributed by atoms with Gasteiger partial charge in [-0.25, -0.2) is 4.98 Å². The van der Waals surface area contributed by atoms with Gasteiger partial charge in [-0.3, -0.25) is 4.79 Å². The Morgan fingerprint density at radius 1 is 1.27 bits per heavy atom. The highest BCUT2D eigenvalue weighted by Crippen LogP contribution is 2.30. The molecule has 1 aromatic carbocycles. The summed E-state index contributed by atoms with van der Waals surface area (Å²) in [5.41, 5.74) is -0.134. The largest absolute Gasteiger partial charge is 0.417 e. The molecule has 1 fully saturated rings. The van der Waals surface area contributed by atoms with Crippen LogP contribution in [0.15, 0.2) is 47.5 Å².